The maximum Gasteiger partial charge on any atom is 0.257 e. The summed E-state index contributed by atoms with van der Waals surface area (Å²) in [7, 11) is -1.21. The average Bonchev–Trinajstić information content (AvgIpc) is 3.10. The maximum atomic E-state index is 12.0. The smallest absolute Gasteiger partial charge is 0.257 e. The van der Waals surface area contributed by atoms with Gasteiger partial charge in [0.15, 0.2) is 5.82 Å². The Hall–Kier alpha value is -1.68. The lowest BCUT2D eigenvalue weighted by atomic mass is 10.0. The summed E-state index contributed by atoms with van der Waals surface area (Å²) in [6, 6.07) is 5.75. The quantitative estimate of drug-likeness (QED) is 0.814. The number of aromatic nitrogens is 2. The minimum Gasteiger partial charge on any atom is -0.334 e. The van der Waals surface area contributed by atoms with Crippen molar-refractivity contribution in [3.8, 4) is 11.5 Å². The monoisotopic (exact) mass is 413 g/mol. The van der Waals surface area contributed by atoms with Gasteiger partial charge in [0.05, 0.1) is 18.0 Å². The number of hydrogen-bond donors (Lipinski definition) is 1. The molecule has 27 heavy (non-hydrogen) atoms. The van der Waals surface area contributed by atoms with Crippen LogP contribution >= 0.6 is 12.4 Å². The molecule has 10 heteroatoms. The summed E-state index contributed by atoms with van der Waals surface area (Å²) in [5, 5.41) is 7.51. The first-order chi connectivity index (χ1) is 12.4. The van der Waals surface area contributed by atoms with Crippen LogP contribution in [0.5, 0.6) is 0 Å². The number of anilines is 1. The van der Waals surface area contributed by atoms with Gasteiger partial charge in [0.1, 0.15) is 0 Å². The SMILES string of the molecule is CN1CCNCC1c1noc(-c2ccc3c(c2)CCCN3S(C)(=O)=O)n1.Cl. The molecule has 3 heterocycles. The molecule has 1 unspecified atom stereocenters. The van der Waals surface area contributed by atoms with E-state index in [-0.39, 0.29) is 18.4 Å². The second kappa shape index (κ2) is 7.75. The van der Waals surface area contributed by atoms with Crippen LogP contribution in [-0.4, -0.2) is 62.9 Å². The van der Waals surface area contributed by atoms with Crippen molar-refractivity contribution in [1.82, 2.24) is 20.4 Å². The molecule has 1 atom stereocenters. The number of benzene rings is 1. The molecule has 4 rings (SSSR count). The first-order valence-corrected chi connectivity index (χ1v) is 10.6. The standard InChI is InChI=1S/C17H23N5O3S.ClH/c1-21-9-7-18-11-15(21)16-19-17(25-20-16)13-5-6-14-12(10-13)4-3-8-22(14)26(2,23)24;/h5-6,10,15,18H,3-4,7-9,11H2,1-2H3;1H. The van der Waals surface area contributed by atoms with Crippen LogP contribution in [0.25, 0.3) is 11.5 Å². The molecule has 0 amide bonds. The van der Waals surface area contributed by atoms with Crippen LogP contribution in [0.15, 0.2) is 22.7 Å². The van der Waals surface area contributed by atoms with Crippen molar-refractivity contribution in [2.75, 3.05) is 43.8 Å². The largest absolute Gasteiger partial charge is 0.334 e. The summed E-state index contributed by atoms with van der Waals surface area (Å²) in [4.78, 5) is 6.79. The van der Waals surface area contributed by atoms with Crippen molar-refractivity contribution < 1.29 is 12.9 Å². The number of nitrogens with zero attached hydrogens (tertiary/aromatic N) is 4. The van der Waals surface area contributed by atoms with E-state index < -0.39 is 10.0 Å². The van der Waals surface area contributed by atoms with Crippen molar-refractivity contribution in [2.45, 2.75) is 18.9 Å². The summed E-state index contributed by atoms with van der Waals surface area (Å²) in [6.07, 6.45) is 2.89. The van der Waals surface area contributed by atoms with Gasteiger partial charge in [-0.05, 0) is 43.7 Å². The number of sulfonamides is 1. The van der Waals surface area contributed by atoms with Crippen LogP contribution in [0.2, 0.25) is 0 Å². The molecule has 0 saturated carbocycles. The molecule has 2 aliphatic heterocycles. The third-order valence-corrected chi connectivity index (χ3v) is 6.23. The first kappa shape index (κ1) is 20.1. The van der Waals surface area contributed by atoms with E-state index in [9.17, 15) is 8.42 Å². The highest BCUT2D eigenvalue weighted by atomic mass is 35.5. The highest BCUT2D eigenvalue weighted by molar-refractivity contribution is 7.92. The Morgan fingerprint density at radius 1 is 1.30 bits per heavy atom. The lowest BCUT2D eigenvalue weighted by Crippen LogP contribution is -2.44. The molecule has 1 aromatic carbocycles. The Balaban J connectivity index is 0.00000210. The minimum absolute atomic E-state index is 0. The number of nitrogens with one attached hydrogen (secondary N) is 1. The molecule has 8 nitrogen and oxygen atoms in total. The van der Waals surface area contributed by atoms with Gasteiger partial charge < -0.3 is 9.84 Å². The fraction of sp³-hybridized carbons (Fsp3) is 0.529. The van der Waals surface area contributed by atoms with Gasteiger partial charge in [-0.1, -0.05) is 5.16 Å². The molecule has 0 aliphatic carbocycles. The normalized spacial score (nSPS) is 20.8. The summed E-state index contributed by atoms with van der Waals surface area (Å²) in [5.41, 5.74) is 2.57. The van der Waals surface area contributed by atoms with Gasteiger partial charge in [0, 0.05) is 31.7 Å². The number of rotatable bonds is 3. The second-order valence-corrected chi connectivity index (χ2v) is 8.85. The lowest BCUT2D eigenvalue weighted by Gasteiger charge is -2.30. The Morgan fingerprint density at radius 2 is 2.11 bits per heavy atom. The van der Waals surface area contributed by atoms with Crippen LogP contribution in [0.3, 0.4) is 0 Å². The zero-order chi connectivity index (χ0) is 18.3. The van der Waals surface area contributed by atoms with Crippen LogP contribution < -0.4 is 9.62 Å². The topological polar surface area (TPSA) is 91.6 Å². The highest BCUT2D eigenvalue weighted by Crippen LogP contribution is 2.33. The third kappa shape index (κ3) is 3.96. The zero-order valence-electron chi connectivity index (χ0n) is 15.4. The average molecular weight is 414 g/mol. The molecule has 2 aromatic rings. The van der Waals surface area contributed by atoms with Gasteiger partial charge in [0.25, 0.3) is 5.89 Å². The molecule has 1 fully saturated rings. The molecule has 0 radical (unpaired) electrons. The Bertz CT molecular complexity index is 917. The maximum absolute atomic E-state index is 12.0. The molecular formula is C17H24ClN5O3S. The summed E-state index contributed by atoms with van der Waals surface area (Å²) in [5.74, 6) is 1.14. The second-order valence-electron chi connectivity index (χ2n) is 6.94. The van der Waals surface area contributed by atoms with Gasteiger partial charge in [-0.3, -0.25) is 9.21 Å². The van der Waals surface area contributed by atoms with Gasteiger partial charge in [-0.2, -0.15) is 4.98 Å². The zero-order valence-corrected chi connectivity index (χ0v) is 17.0. The molecule has 1 N–H and O–H groups in total. The molecule has 2 aliphatic rings. The number of fused-ring (bicyclic) bond motifs is 1. The summed E-state index contributed by atoms with van der Waals surface area (Å²) < 4.78 is 30.9. The molecule has 1 saturated heterocycles. The van der Waals surface area contributed by atoms with Gasteiger partial charge in [-0.15, -0.1) is 12.4 Å². The van der Waals surface area contributed by atoms with E-state index in [0.29, 0.717) is 18.3 Å². The van der Waals surface area contributed by atoms with Gasteiger partial charge in [-0.25, -0.2) is 8.42 Å². The van der Waals surface area contributed by atoms with Crippen LogP contribution in [0.1, 0.15) is 23.9 Å². The van der Waals surface area contributed by atoms with Gasteiger partial charge in [0.2, 0.25) is 10.0 Å². The minimum atomic E-state index is -3.26. The van der Waals surface area contributed by atoms with Crippen molar-refractivity contribution in [3.05, 3.63) is 29.6 Å². The van der Waals surface area contributed by atoms with Crippen LogP contribution in [0.4, 0.5) is 5.69 Å². The fourth-order valence-electron chi connectivity index (χ4n) is 3.62. The van der Waals surface area contributed by atoms with Crippen molar-refractivity contribution >= 4 is 28.1 Å². The number of halogens is 1. The first-order valence-electron chi connectivity index (χ1n) is 8.79. The van der Waals surface area contributed by atoms with Crippen LogP contribution in [0, 0.1) is 0 Å². The Kier molecular flexibility index (Phi) is 5.76. The lowest BCUT2D eigenvalue weighted by molar-refractivity contribution is 0.190. The van der Waals surface area contributed by atoms with E-state index in [0.717, 1.165) is 49.3 Å². The predicted octanol–water partition coefficient (Wildman–Crippen LogP) is 1.45. The fourth-order valence-corrected chi connectivity index (χ4v) is 4.62. The van der Waals surface area contributed by atoms with Crippen LogP contribution in [-0.2, 0) is 16.4 Å². The van der Waals surface area contributed by atoms with Crippen molar-refractivity contribution in [3.63, 3.8) is 0 Å². The number of likely N-dealkylation sites (N-methyl/N-ethyl adjacent to an activating group) is 1. The third-order valence-electron chi connectivity index (χ3n) is 5.05. The van der Waals surface area contributed by atoms with Crippen molar-refractivity contribution in [2.24, 2.45) is 0 Å². The number of hydrogen-bond acceptors (Lipinski definition) is 7. The van der Waals surface area contributed by atoms with Crippen molar-refractivity contribution in [1.29, 1.82) is 0 Å². The van der Waals surface area contributed by atoms with E-state index in [2.05, 4.69) is 27.4 Å². The van der Waals surface area contributed by atoms with E-state index in [1.54, 1.807) is 0 Å². The predicted molar refractivity (Wildman–Crippen MR) is 106 cm³/mol. The molecule has 148 valence electrons. The summed E-state index contributed by atoms with van der Waals surface area (Å²) in [6.45, 7) is 3.22. The molecular weight excluding hydrogens is 390 g/mol. The Labute approximate surface area is 165 Å². The number of aryl methyl sites for hydroxylation is 1. The van der Waals surface area contributed by atoms with E-state index >= 15 is 0 Å². The van der Waals surface area contributed by atoms with E-state index in [4.69, 9.17) is 4.52 Å². The Morgan fingerprint density at radius 3 is 2.85 bits per heavy atom. The molecule has 1 aromatic heterocycles. The van der Waals surface area contributed by atoms with Gasteiger partial charge >= 0.3 is 0 Å². The van der Waals surface area contributed by atoms with E-state index in [1.807, 2.05) is 18.2 Å². The highest BCUT2D eigenvalue weighted by Gasteiger charge is 2.27. The number of piperazine rings is 1. The molecule has 0 bridgehead atoms. The summed E-state index contributed by atoms with van der Waals surface area (Å²) >= 11 is 0. The van der Waals surface area contributed by atoms with E-state index in [1.165, 1.54) is 10.6 Å². The molecule has 0 spiro atoms.